The molecule has 0 fully saturated rings. The average molecular weight is 202 g/mol. The lowest BCUT2D eigenvalue weighted by atomic mass is 9.99. The molecular formula is C13H14S. The fraction of sp³-hybridized carbons (Fsp3) is 0.231. The van der Waals surface area contributed by atoms with E-state index in [0.717, 1.165) is 6.42 Å². The number of hydrogen-bond acceptors (Lipinski definition) is 1. The third-order valence-electron chi connectivity index (χ3n) is 2.45. The number of rotatable bonds is 2. The molecule has 0 saturated heterocycles. The molecule has 1 aliphatic rings. The van der Waals surface area contributed by atoms with Crippen LogP contribution in [0.5, 0.6) is 0 Å². The lowest BCUT2D eigenvalue weighted by molar-refractivity contribution is 0.989. The van der Waals surface area contributed by atoms with Crippen molar-refractivity contribution in [3.05, 3.63) is 59.7 Å². The quantitative estimate of drug-likeness (QED) is 0.690. The third kappa shape index (κ3) is 2.10. The highest BCUT2D eigenvalue weighted by Crippen LogP contribution is 2.30. The Morgan fingerprint density at radius 1 is 1.07 bits per heavy atom. The van der Waals surface area contributed by atoms with Crippen LogP contribution in [0.3, 0.4) is 0 Å². The maximum atomic E-state index is 4.64. The van der Waals surface area contributed by atoms with E-state index in [0.29, 0.717) is 0 Å². The van der Waals surface area contributed by atoms with Crippen molar-refractivity contribution >= 4 is 12.6 Å². The summed E-state index contributed by atoms with van der Waals surface area (Å²) in [5.74, 6) is 0. The average Bonchev–Trinajstić information content (AvgIpc) is 2.30. The van der Waals surface area contributed by atoms with Gasteiger partial charge in [0.1, 0.15) is 0 Å². The van der Waals surface area contributed by atoms with Gasteiger partial charge >= 0.3 is 0 Å². The Kier molecular flexibility index (Phi) is 3.10. The Bertz CT molecular complexity index is 349. The summed E-state index contributed by atoms with van der Waals surface area (Å²) in [5, 5.41) is 0.229. The molecule has 0 saturated carbocycles. The highest BCUT2D eigenvalue weighted by atomic mass is 32.1. The molecule has 72 valence electrons. The zero-order chi connectivity index (χ0) is 9.80. The molecule has 0 radical (unpaired) electrons. The molecule has 0 spiro atoms. The number of hydrogen-bond donors (Lipinski definition) is 1. The van der Waals surface area contributed by atoms with Crippen LogP contribution in [0.2, 0.25) is 0 Å². The minimum Gasteiger partial charge on any atom is -0.166 e. The molecule has 0 nitrogen and oxygen atoms in total. The zero-order valence-electron chi connectivity index (χ0n) is 8.06. The van der Waals surface area contributed by atoms with Crippen molar-refractivity contribution < 1.29 is 0 Å². The Hall–Kier alpha value is -0.950. The van der Waals surface area contributed by atoms with E-state index in [1.165, 1.54) is 17.6 Å². The second-order valence-electron chi connectivity index (χ2n) is 3.50. The van der Waals surface area contributed by atoms with Gasteiger partial charge in [0.15, 0.2) is 0 Å². The first kappa shape index (κ1) is 9.60. The fourth-order valence-electron chi connectivity index (χ4n) is 1.66. The third-order valence-corrected chi connectivity index (χ3v) is 3.05. The Morgan fingerprint density at radius 2 is 1.86 bits per heavy atom. The van der Waals surface area contributed by atoms with Crippen molar-refractivity contribution in [3.8, 4) is 0 Å². The topological polar surface area (TPSA) is 0 Å². The Labute approximate surface area is 90.8 Å². The molecule has 0 heterocycles. The predicted octanol–water partition coefficient (Wildman–Crippen LogP) is 3.93. The number of allylic oxidation sites excluding steroid dienone is 3. The molecule has 0 bridgehead atoms. The predicted molar refractivity (Wildman–Crippen MR) is 64.6 cm³/mol. The molecule has 1 aromatic carbocycles. The van der Waals surface area contributed by atoms with Crippen molar-refractivity contribution in [2.45, 2.75) is 18.1 Å². The molecule has 0 aromatic heterocycles. The Balaban J connectivity index is 2.20. The van der Waals surface area contributed by atoms with E-state index >= 15 is 0 Å². The molecule has 1 atom stereocenters. The van der Waals surface area contributed by atoms with Gasteiger partial charge in [-0.2, -0.15) is 12.6 Å². The SMILES string of the molecule is SC(C1=CCCC=C1)c1ccccc1. The summed E-state index contributed by atoms with van der Waals surface area (Å²) >= 11 is 4.64. The molecule has 1 unspecified atom stereocenters. The van der Waals surface area contributed by atoms with Crippen LogP contribution in [0.25, 0.3) is 0 Å². The van der Waals surface area contributed by atoms with E-state index in [9.17, 15) is 0 Å². The number of thiol groups is 1. The minimum atomic E-state index is 0.229. The van der Waals surface area contributed by atoms with E-state index < -0.39 is 0 Å². The molecule has 0 amide bonds. The van der Waals surface area contributed by atoms with E-state index in [1.54, 1.807) is 0 Å². The maximum Gasteiger partial charge on any atom is 0.0513 e. The van der Waals surface area contributed by atoms with Gasteiger partial charge in [0.05, 0.1) is 5.25 Å². The van der Waals surface area contributed by atoms with E-state index in [4.69, 9.17) is 0 Å². The van der Waals surface area contributed by atoms with Gasteiger partial charge in [0.2, 0.25) is 0 Å². The summed E-state index contributed by atoms with van der Waals surface area (Å²) < 4.78 is 0. The molecule has 14 heavy (non-hydrogen) atoms. The first-order valence-corrected chi connectivity index (χ1v) is 5.49. The second-order valence-corrected chi connectivity index (χ2v) is 4.01. The van der Waals surface area contributed by atoms with Crippen LogP contribution in [0.1, 0.15) is 23.7 Å². The van der Waals surface area contributed by atoms with Crippen LogP contribution in [-0.2, 0) is 0 Å². The van der Waals surface area contributed by atoms with Crippen LogP contribution < -0.4 is 0 Å². The van der Waals surface area contributed by atoms with Gasteiger partial charge < -0.3 is 0 Å². The van der Waals surface area contributed by atoms with Crippen molar-refractivity contribution in [3.63, 3.8) is 0 Å². The summed E-state index contributed by atoms with van der Waals surface area (Å²) in [6.45, 7) is 0. The summed E-state index contributed by atoms with van der Waals surface area (Å²) in [4.78, 5) is 0. The van der Waals surface area contributed by atoms with Gasteiger partial charge in [-0.25, -0.2) is 0 Å². The molecule has 2 rings (SSSR count). The van der Waals surface area contributed by atoms with E-state index in [-0.39, 0.29) is 5.25 Å². The van der Waals surface area contributed by atoms with Gasteiger partial charge in [0, 0.05) is 0 Å². The van der Waals surface area contributed by atoms with Crippen LogP contribution in [0, 0.1) is 0 Å². The van der Waals surface area contributed by atoms with Crippen molar-refractivity contribution in [2.75, 3.05) is 0 Å². The van der Waals surface area contributed by atoms with Crippen LogP contribution >= 0.6 is 12.6 Å². The number of benzene rings is 1. The van der Waals surface area contributed by atoms with Gasteiger partial charge in [-0.3, -0.25) is 0 Å². The van der Waals surface area contributed by atoms with Gasteiger partial charge in [-0.1, -0.05) is 48.6 Å². The van der Waals surface area contributed by atoms with Crippen LogP contribution in [0.4, 0.5) is 0 Å². The summed E-state index contributed by atoms with van der Waals surface area (Å²) in [5.41, 5.74) is 2.60. The first-order chi connectivity index (χ1) is 6.88. The summed E-state index contributed by atoms with van der Waals surface area (Å²) in [6, 6.07) is 10.4. The normalized spacial score (nSPS) is 17.6. The highest BCUT2D eigenvalue weighted by molar-refractivity contribution is 7.80. The van der Waals surface area contributed by atoms with Gasteiger partial charge in [-0.05, 0) is 24.0 Å². The van der Waals surface area contributed by atoms with E-state index in [1.807, 2.05) is 6.07 Å². The standard InChI is InChI=1S/C13H14S/c14-13(11-7-3-1-4-8-11)12-9-5-2-6-10-12/h1,3-5,7-10,13-14H,2,6H2. The Morgan fingerprint density at radius 3 is 2.50 bits per heavy atom. The monoisotopic (exact) mass is 202 g/mol. The lowest BCUT2D eigenvalue weighted by Gasteiger charge is -2.14. The molecule has 0 N–H and O–H groups in total. The second kappa shape index (κ2) is 4.52. The fourth-order valence-corrected chi connectivity index (χ4v) is 2.03. The highest BCUT2D eigenvalue weighted by Gasteiger charge is 2.10. The maximum absolute atomic E-state index is 4.64. The van der Waals surface area contributed by atoms with Crippen molar-refractivity contribution in [1.29, 1.82) is 0 Å². The van der Waals surface area contributed by atoms with Crippen molar-refractivity contribution in [1.82, 2.24) is 0 Å². The largest absolute Gasteiger partial charge is 0.166 e. The molecular weight excluding hydrogens is 188 g/mol. The van der Waals surface area contributed by atoms with E-state index in [2.05, 4.69) is 55.1 Å². The molecule has 1 aromatic rings. The minimum absolute atomic E-state index is 0.229. The first-order valence-electron chi connectivity index (χ1n) is 4.97. The lowest BCUT2D eigenvalue weighted by Crippen LogP contribution is -1.95. The van der Waals surface area contributed by atoms with Crippen molar-refractivity contribution in [2.24, 2.45) is 0 Å². The summed E-state index contributed by atoms with van der Waals surface area (Å²) in [6.07, 6.45) is 9.01. The molecule has 1 heteroatoms. The molecule has 0 aliphatic heterocycles. The summed E-state index contributed by atoms with van der Waals surface area (Å²) in [7, 11) is 0. The smallest absolute Gasteiger partial charge is 0.0513 e. The van der Waals surface area contributed by atoms with Crippen LogP contribution in [-0.4, -0.2) is 0 Å². The van der Waals surface area contributed by atoms with Gasteiger partial charge in [0.25, 0.3) is 0 Å². The van der Waals surface area contributed by atoms with Gasteiger partial charge in [-0.15, -0.1) is 0 Å². The van der Waals surface area contributed by atoms with Crippen LogP contribution in [0.15, 0.2) is 54.1 Å². The zero-order valence-corrected chi connectivity index (χ0v) is 8.95. The molecule has 1 aliphatic carbocycles.